The molecule has 0 saturated carbocycles. The first kappa shape index (κ1) is 12.2. The lowest BCUT2D eigenvalue weighted by Gasteiger charge is -2.25. The quantitative estimate of drug-likeness (QED) is 0.878. The Kier molecular flexibility index (Phi) is 2.98. The fourth-order valence-electron chi connectivity index (χ4n) is 2.29. The van der Waals surface area contributed by atoms with E-state index in [9.17, 15) is 4.79 Å². The van der Waals surface area contributed by atoms with Crippen LogP contribution in [0.25, 0.3) is 0 Å². The number of carbonyl (C=O) groups is 1. The van der Waals surface area contributed by atoms with Crippen LogP contribution in [0.4, 0.5) is 5.82 Å². The van der Waals surface area contributed by atoms with Crippen molar-refractivity contribution in [2.75, 3.05) is 11.9 Å². The van der Waals surface area contributed by atoms with Crippen molar-refractivity contribution >= 4 is 27.7 Å². The lowest BCUT2D eigenvalue weighted by molar-refractivity contribution is 0.0994. The third-order valence-corrected chi connectivity index (χ3v) is 3.91. The third-order valence-electron chi connectivity index (χ3n) is 3.16. The minimum absolute atomic E-state index is 0.0642. The molecule has 3 N–H and O–H groups in total. The molecule has 0 fully saturated rings. The molecule has 2 aromatic rings. The summed E-state index contributed by atoms with van der Waals surface area (Å²) in [5, 5.41) is 7.54. The second-order valence-electron chi connectivity index (χ2n) is 4.34. The molecule has 7 heteroatoms. The van der Waals surface area contributed by atoms with E-state index in [4.69, 9.17) is 5.73 Å². The van der Waals surface area contributed by atoms with Gasteiger partial charge >= 0.3 is 0 Å². The van der Waals surface area contributed by atoms with Gasteiger partial charge in [0.15, 0.2) is 5.69 Å². The second kappa shape index (κ2) is 4.65. The topological polar surface area (TPSA) is 85.8 Å². The number of rotatable bonds is 2. The summed E-state index contributed by atoms with van der Waals surface area (Å²) in [5.74, 6) is 0.245. The van der Waals surface area contributed by atoms with Crippen LogP contribution in [0.3, 0.4) is 0 Å². The maximum atomic E-state index is 11.4. The average Bonchev–Trinajstić information content (AvgIpc) is 2.78. The zero-order valence-electron chi connectivity index (χ0n) is 10.0. The van der Waals surface area contributed by atoms with Gasteiger partial charge in [-0.1, -0.05) is 6.07 Å². The van der Waals surface area contributed by atoms with Crippen molar-refractivity contribution in [2.24, 2.45) is 5.73 Å². The van der Waals surface area contributed by atoms with E-state index < -0.39 is 5.91 Å². The maximum absolute atomic E-state index is 11.4. The number of halogens is 1. The zero-order chi connectivity index (χ0) is 13.4. The van der Waals surface area contributed by atoms with Gasteiger partial charge in [-0.25, -0.2) is 4.68 Å². The summed E-state index contributed by atoms with van der Waals surface area (Å²) in [4.78, 5) is 15.5. The molecule has 2 aromatic heterocycles. The van der Waals surface area contributed by atoms with E-state index in [1.54, 1.807) is 10.9 Å². The van der Waals surface area contributed by atoms with Crippen LogP contribution in [-0.2, 0) is 0 Å². The van der Waals surface area contributed by atoms with Gasteiger partial charge in [-0.15, -0.1) is 0 Å². The molecule has 1 aliphatic heterocycles. The Balaban J connectivity index is 2.10. The molecule has 0 saturated heterocycles. The van der Waals surface area contributed by atoms with Crippen LogP contribution in [0.5, 0.6) is 0 Å². The zero-order valence-corrected chi connectivity index (χ0v) is 11.6. The Labute approximate surface area is 118 Å². The maximum Gasteiger partial charge on any atom is 0.270 e. The second-order valence-corrected chi connectivity index (χ2v) is 5.13. The number of amides is 1. The Bertz CT molecular complexity index is 625. The van der Waals surface area contributed by atoms with Gasteiger partial charge in [-0.2, -0.15) is 5.10 Å². The van der Waals surface area contributed by atoms with Gasteiger partial charge in [-0.05, 0) is 34.0 Å². The summed E-state index contributed by atoms with van der Waals surface area (Å²) in [6, 6.07) is 3.96. The first-order valence-corrected chi connectivity index (χ1v) is 6.69. The van der Waals surface area contributed by atoms with Crippen LogP contribution in [0.2, 0.25) is 0 Å². The highest BCUT2D eigenvalue weighted by atomic mass is 79.9. The number of pyridine rings is 1. The van der Waals surface area contributed by atoms with Crippen molar-refractivity contribution in [3.63, 3.8) is 0 Å². The summed E-state index contributed by atoms with van der Waals surface area (Å²) in [6.07, 6.45) is 4.43. The van der Waals surface area contributed by atoms with Crippen molar-refractivity contribution in [3.05, 3.63) is 40.3 Å². The molecule has 3 rings (SSSR count). The first-order chi connectivity index (χ1) is 9.18. The highest BCUT2D eigenvalue weighted by Gasteiger charge is 2.28. The van der Waals surface area contributed by atoms with Gasteiger partial charge in [0.05, 0.1) is 10.5 Å². The molecule has 1 aliphatic rings. The summed E-state index contributed by atoms with van der Waals surface area (Å²) < 4.78 is 2.42. The molecule has 0 radical (unpaired) electrons. The molecule has 0 bridgehead atoms. The Morgan fingerprint density at radius 1 is 1.58 bits per heavy atom. The van der Waals surface area contributed by atoms with Gasteiger partial charge in [0.2, 0.25) is 0 Å². The number of primary amides is 1. The number of aromatic nitrogens is 3. The van der Waals surface area contributed by atoms with Gasteiger partial charge in [0, 0.05) is 18.9 Å². The van der Waals surface area contributed by atoms with E-state index in [1.165, 1.54) is 0 Å². The Morgan fingerprint density at radius 2 is 2.42 bits per heavy atom. The van der Waals surface area contributed by atoms with Gasteiger partial charge in [-0.3, -0.25) is 9.78 Å². The van der Waals surface area contributed by atoms with Crippen molar-refractivity contribution in [1.29, 1.82) is 0 Å². The number of nitrogens with one attached hydrogen (secondary N) is 1. The largest absolute Gasteiger partial charge is 0.369 e. The van der Waals surface area contributed by atoms with Crippen LogP contribution in [-0.4, -0.2) is 27.2 Å². The fourth-order valence-corrected chi connectivity index (χ4v) is 2.88. The molecule has 0 spiro atoms. The lowest BCUT2D eigenvalue weighted by atomic mass is 10.0. The smallest absolute Gasteiger partial charge is 0.270 e. The standard InChI is InChI=1S/C12H12BrN5O/c13-9-10(11(14)19)17-18-8(3-5-16-12(9)18)7-2-1-4-15-6-7/h1-2,4,6,8,16H,3,5H2,(H2,14,19). The molecule has 98 valence electrons. The number of nitrogens with zero attached hydrogens (tertiary/aromatic N) is 3. The highest BCUT2D eigenvalue weighted by molar-refractivity contribution is 9.10. The molecule has 1 unspecified atom stereocenters. The van der Waals surface area contributed by atoms with Crippen molar-refractivity contribution in [3.8, 4) is 0 Å². The van der Waals surface area contributed by atoms with Crippen LogP contribution in [0.1, 0.15) is 28.5 Å². The normalized spacial score (nSPS) is 17.6. The van der Waals surface area contributed by atoms with Crippen molar-refractivity contribution < 1.29 is 4.79 Å². The van der Waals surface area contributed by atoms with E-state index in [0.717, 1.165) is 24.3 Å². The van der Waals surface area contributed by atoms with E-state index >= 15 is 0 Å². The fraction of sp³-hybridized carbons (Fsp3) is 0.250. The van der Waals surface area contributed by atoms with E-state index in [0.29, 0.717) is 4.47 Å². The summed E-state index contributed by atoms with van der Waals surface area (Å²) in [6.45, 7) is 0.808. The molecular weight excluding hydrogens is 310 g/mol. The number of anilines is 1. The molecule has 1 atom stereocenters. The number of hydrogen-bond acceptors (Lipinski definition) is 4. The minimum Gasteiger partial charge on any atom is -0.369 e. The van der Waals surface area contributed by atoms with Crippen LogP contribution >= 0.6 is 15.9 Å². The Hall–Kier alpha value is -1.89. The molecule has 19 heavy (non-hydrogen) atoms. The van der Waals surface area contributed by atoms with Gasteiger partial charge in [0.1, 0.15) is 5.82 Å². The van der Waals surface area contributed by atoms with Gasteiger partial charge in [0.25, 0.3) is 5.91 Å². The highest BCUT2D eigenvalue weighted by Crippen LogP contribution is 2.35. The molecule has 1 amide bonds. The SMILES string of the molecule is NC(=O)c1nn2c(c1Br)NCCC2c1cccnc1. The van der Waals surface area contributed by atoms with E-state index in [1.807, 2.05) is 18.3 Å². The minimum atomic E-state index is -0.541. The number of nitrogens with two attached hydrogens (primary N) is 1. The van der Waals surface area contributed by atoms with Crippen LogP contribution < -0.4 is 11.1 Å². The molecule has 3 heterocycles. The van der Waals surface area contributed by atoms with E-state index in [-0.39, 0.29) is 11.7 Å². The monoisotopic (exact) mass is 321 g/mol. The third kappa shape index (κ3) is 1.99. The molecule has 0 aliphatic carbocycles. The Morgan fingerprint density at radius 3 is 3.11 bits per heavy atom. The predicted octanol–water partition coefficient (Wildman–Crippen LogP) is 1.54. The first-order valence-electron chi connectivity index (χ1n) is 5.90. The summed E-state index contributed by atoms with van der Waals surface area (Å²) in [7, 11) is 0. The average molecular weight is 322 g/mol. The lowest BCUT2D eigenvalue weighted by Crippen LogP contribution is -2.24. The van der Waals surface area contributed by atoms with Crippen molar-refractivity contribution in [1.82, 2.24) is 14.8 Å². The molecular formula is C12H12BrN5O. The van der Waals surface area contributed by atoms with Gasteiger partial charge < -0.3 is 11.1 Å². The van der Waals surface area contributed by atoms with Crippen LogP contribution in [0.15, 0.2) is 29.0 Å². The van der Waals surface area contributed by atoms with Crippen LogP contribution in [0, 0.1) is 0 Å². The molecule has 0 aromatic carbocycles. The summed E-state index contributed by atoms with van der Waals surface area (Å²) in [5.41, 5.74) is 6.64. The molecule has 6 nitrogen and oxygen atoms in total. The number of hydrogen-bond donors (Lipinski definition) is 2. The number of fused-ring (bicyclic) bond motifs is 1. The summed E-state index contributed by atoms with van der Waals surface area (Å²) >= 11 is 3.38. The number of carbonyl (C=O) groups excluding carboxylic acids is 1. The predicted molar refractivity (Wildman–Crippen MR) is 73.9 cm³/mol. The van der Waals surface area contributed by atoms with E-state index in [2.05, 4.69) is 31.3 Å². The van der Waals surface area contributed by atoms with Crippen molar-refractivity contribution in [2.45, 2.75) is 12.5 Å².